The molecular formula is C11H10INO. The van der Waals surface area contributed by atoms with Gasteiger partial charge in [0.05, 0.1) is 11.6 Å². The zero-order valence-corrected chi connectivity index (χ0v) is 10.3. The molecule has 0 atom stereocenters. The fraction of sp³-hybridized carbons (Fsp3) is 0.273. The van der Waals surface area contributed by atoms with E-state index in [1.54, 1.807) is 6.07 Å². The van der Waals surface area contributed by atoms with Crippen LogP contribution in [0.4, 0.5) is 0 Å². The number of ketones is 1. The van der Waals surface area contributed by atoms with Gasteiger partial charge in [-0.25, -0.2) is 0 Å². The Balaban J connectivity index is 3.50. The standard InChI is InChI=1S/C11H10INO/c1-3-8-4-10(12)5-9(6-13)11(8)7(2)14/h4-5H,3H2,1-2H3. The van der Waals surface area contributed by atoms with Crippen molar-refractivity contribution < 1.29 is 4.79 Å². The predicted octanol–water partition coefficient (Wildman–Crippen LogP) is 2.93. The molecule has 72 valence electrons. The number of benzene rings is 1. The third-order valence-corrected chi connectivity index (χ3v) is 2.66. The Morgan fingerprint density at radius 3 is 2.64 bits per heavy atom. The summed E-state index contributed by atoms with van der Waals surface area (Å²) in [6, 6.07) is 5.77. The summed E-state index contributed by atoms with van der Waals surface area (Å²) >= 11 is 2.16. The number of carbonyl (C=O) groups is 1. The van der Waals surface area contributed by atoms with Gasteiger partial charge in [0.15, 0.2) is 5.78 Å². The van der Waals surface area contributed by atoms with Crippen molar-refractivity contribution in [2.24, 2.45) is 0 Å². The zero-order chi connectivity index (χ0) is 10.7. The van der Waals surface area contributed by atoms with Crippen LogP contribution >= 0.6 is 22.6 Å². The predicted molar refractivity (Wildman–Crippen MR) is 63.3 cm³/mol. The summed E-state index contributed by atoms with van der Waals surface area (Å²) < 4.78 is 1.00. The van der Waals surface area contributed by atoms with Crippen LogP contribution in [0.15, 0.2) is 12.1 Å². The number of hydrogen-bond acceptors (Lipinski definition) is 2. The van der Waals surface area contributed by atoms with Crippen LogP contribution in [0.2, 0.25) is 0 Å². The van der Waals surface area contributed by atoms with Gasteiger partial charge in [0.25, 0.3) is 0 Å². The topological polar surface area (TPSA) is 40.9 Å². The van der Waals surface area contributed by atoms with E-state index in [1.807, 2.05) is 13.0 Å². The van der Waals surface area contributed by atoms with Gasteiger partial charge >= 0.3 is 0 Å². The van der Waals surface area contributed by atoms with Gasteiger partial charge in [0, 0.05) is 9.13 Å². The smallest absolute Gasteiger partial charge is 0.161 e. The van der Waals surface area contributed by atoms with E-state index >= 15 is 0 Å². The molecule has 0 aliphatic rings. The van der Waals surface area contributed by atoms with Crippen molar-refractivity contribution in [3.05, 3.63) is 32.4 Å². The number of nitriles is 1. The summed E-state index contributed by atoms with van der Waals surface area (Å²) in [6.45, 7) is 3.49. The highest BCUT2D eigenvalue weighted by Crippen LogP contribution is 2.19. The summed E-state index contributed by atoms with van der Waals surface area (Å²) in [5.41, 5.74) is 2.03. The lowest BCUT2D eigenvalue weighted by atomic mass is 9.97. The lowest BCUT2D eigenvalue weighted by Gasteiger charge is -2.07. The van der Waals surface area contributed by atoms with Gasteiger partial charge in [0.1, 0.15) is 0 Å². The van der Waals surface area contributed by atoms with Gasteiger partial charge in [-0.05, 0) is 53.6 Å². The van der Waals surface area contributed by atoms with Crippen molar-refractivity contribution >= 4 is 28.4 Å². The van der Waals surface area contributed by atoms with Gasteiger partial charge in [-0.15, -0.1) is 0 Å². The first-order valence-corrected chi connectivity index (χ1v) is 5.41. The SMILES string of the molecule is CCc1cc(I)cc(C#N)c1C(C)=O. The van der Waals surface area contributed by atoms with Crippen molar-refractivity contribution in [2.75, 3.05) is 0 Å². The van der Waals surface area contributed by atoms with Gasteiger partial charge in [0.2, 0.25) is 0 Å². The number of aryl methyl sites for hydroxylation is 1. The quantitative estimate of drug-likeness (QED) is 0.622. The van der Waals surface area contributed by atoms with Crippen LogP contribution in [0.5, 0.6) is 0 Å². The monoisotopic (exact) mass is 299 g/mol. The summed E-state index contributed by atoms with van der Waals surface area (Å²) in [6.07, 6.45) is 0.778. The highest BCUT2D eigenvalue weighted by molar-refractivity contribution is 14.1. The van der Waals surface area contributed by atoms with E-state index in [2.05, 4.69) is 28.7 Å². The van der Waals surface area contributed by atoms with Gasteiger partial charge in [-0.2, -0.15) is 5.26 Å². The zero-order valence-electron chi connectivity index (χ0n) is 8.10. The van der Waals surface area contributed by atoms with E-state index in [4.69, 9.17) is 5.26 Å². The van der Waals surface area contributed by atoms with E-state index in [0.717, 1.165) is 15.6 Å². The maximum atomic E-state index is 11.4. The molecule has 0 saturated carbocycles. The molecule has 0 bridgehead atoms. The normalized spacial score (nSPS) is 9.57. The van der Waals surface area contributed by atoms with Crippen molar-refractivity contribution in [1.29, 1.82) is 5.26 Å². The first-order chi connectivity index (χ1) is 6.60. The molecule has 0 heterocycles. The minimum absolute atomic E-state index is 0.0326. The summed E-state index contributed by atoms with van der Waals surface area (Å²) in [5, 5.41) is 8.91. The van der Waals surface area contributed by atoms with E-state index in [1.165, 1.54) is 6.92 Å². The molecule has 0 radical (unpaired) electrons. The Kier molecular flexibility index (Phi) is 3.64. The third-order valence-electron chi connectivity index (χ3n) is 2.04. The molecule has 0 aliphatic carbocycles. The van der Waals surface area contributed by atoms with Crippen LogP contribution in [0.1, 0.15) is 35.3 Å². The summed E-state index contributed by atoms with van der Waals surface area (Å²) in [5.74, 6) is -0.0326. The number of Topliss-reactive ketones (excluding diaryl/α,β-unsaturated/α-hetero) is 1. The summed E-state index contributed by atoms with van der Waals surface area (Å²) in [4.78, 5) is 11.4. The number of hydrogen-bond donors (Lipinski definition) is 0. The number of carbonyl (C=O) groups excluding carboxylic acids is 1. The lowest BCUT2D eigenvalue weighted by molar-refractivity contribution is 0.101. The van der Waals surface area contributed by atoms with Gasteiger partial charge < -0.3 is 0 Å². The average molecular weight is 299 g/mol. The molecule has 1 aromatic carbocycles. The van der Waals surface area contributed by atoms with Crippen LogP contribution in [-0.4, -0.2) is 5.78 Å². The van der Waals surface area contributed by atoms with Crippen LogP contribution in [-0.2, 0) is 6.42 Å². The Morgan fingerprint density at radius 1 is 1.57 bits per heavy atom. The van der Waals surface area contributed by atoms with E-state index < -0.39 is 0 Å². The lowest BCUT2D eigenvalue weighted by Crippen LogP contribution is -2.03. The minimum atomic E-state index is -0.0326. The molecule has 1 rings (SSSR count). The van der Waals surface area contributed by atoms with E-state index in [0.29, 0.717) is 11.1 Å². The average Bonchev–Trinajstić information content (AvgIpc) is 2.15. The molecule has 0 spiro atoms. The molecule has 0 saturated heterocycles. The molecule has 0 unspecified atom stereocenters. The molecule has 0 amide bonds. The maximum Gasteiger partial charge on any atom is 0.161 e. The number of halogens is 1. The molecule has 1 aromatic rings. The fourth-order valence-electron chi connectivity index (χ4n) is 1.45. The van der Waals surface area contributed by atoms with Crippen LogP contribution in [0.25, 0.3) is 0 Å². The van der Waals surface area contributed by atoms with Crippen LogP contribution in [0, 0.1) is 14.9 Å². The number of nitrogens with zero attached hydrogens (tertiary/aromatic N) is 1. The van der Waals surface area contributed by atoms with Gasteiger partial charge in [-0.3, -0.25) is 4.79 Å². The van der Waals surface area contributed by atoms with Crippen molar-refractivity contribution in [3.8, 4) is 6.07 Å². The molecule has 0 fully saturated rings. The van der Waals surface area contributed by atoms with Crippen LogP contribution < -0.4 is 0 Å². The van der Waals surface area contributed by atoms with Gasteiger partial charge in [-0.1, -0.05) is 6.92 Å². The Morgan fingerprint density at radius 2 is 2.21 bits per heavy atom. The molecule has 0 aromatic heterocycles. The molecule has 3 heteroatoms. The molecule has 2 nitrogen and oxygen atoms in total. The summed E-state index contributed by atoms with van der Waals surface area (Å²) in [7, 11) is 0. The second-order valence-electron chi connectivity index (χ2n) is 3.01. The first-order valence-electron chi connectivity index (χ1n) is 4.33. The van der Waals surface area contributed by atoms with Crippen molar-refractivity contribution in [1.82, 2.24) is 0 Å². The second kappa shape index (κ2) is 4.56. The number of rotatable bonds is 2. The highest BCUT2D eigenvalue weighted by atomic mass is 127. The van der Waals surface area contributed by atoms with Crippen molar-refractivity contribution in [2.45, 2.75) is 20.3 Å². The minimum Gasteiger partial charge on any atom is -0.294 e. The van der Waals surface area contributed by atoms with Crippen LogP contribution in [0.3, 0.4) is 0 Å². The molecule has 14 heavy (non-hydrogen) atoms. The van der Waals surface area contributed by atoms with Crippen molar-refractivity contribution in [3.63, 3.8) is 0 Å². The van der Waals surface area contributed by atoms with E-state index in [-0.39, 0.29) is 5.78 Å². The van der Waals surface area contributed by atoms with E-state index in [9.17, 15) is 4.79 Å². The molecular weight excluding hydrogens is 289 g/mol. The fourth-order valence-corrected chi connectivity index (χ4v) is 2.13. The molecule has 0 aliphatic heterocycles. The maximum absolute atomic E-state index is 11.4. The Bertz CT molecular complexity index is 418. The molecule has 0 N–H and O–H groups in total. The first kappa shape index (κ1) is 11.2. The highest BCUT2D eigenvalue weighted by Gasteiger charge is 2.12. The Hall–Kier alpha value is -0.890. The third kappa shape index (κ3) is 2.13. The Labute approximate surface area is 97.1 Å². The largest absolute Gasteiger partial charge is 0.294 e. The second-order valence-corrected chi connectivity index (χ2v) is 4.25.